The van der Waals surface area contributed by atoms with Gasteiger partial charge in [-0.05, 0) is 38.7 Å². The van der Waals surface area contributed by atoms with Crippen molar-refractivity contribution < 1.29 is 4.79 Å². The second kappa shape index (κ2) is 4.31. The topological polar surface area (TPSA) is 33.2 Å². The number of nitrogens with zero attached hydrogens (tertiary/aromatic N) is 2. The van der Waals surface area contributed by atoms with Crippen molar-refractivity contribution in [1.82, 2.24) is 9.88 Å². The summed E-state index contributed by atoms with van der Waals surface area (Å²) in [5, 5.41) is 1.05. The summed E-state index contributed by atoms with van der Waals surface area (Å²) in [5.74, 6) is 0. The Balaban J connectivity index is 2.48. The molecule has 1 aromatic carbocycles. The van der Waals surface area contributed by atoms with Gasteiger partial charge in [-0.3, -0.25) is 9.69 Å². The minimum atomic E-state index is -0.314. The SMILES string of the molecule is Cc1nc2cc(C([C]=O)N(C)C)ccc2s1. The van der Waals surface area contributed by atoms with E-state index in [1.165, 1.54) is 0 Å². The predicted molar refractivity (Wildman–Crippen MR) is 66.5 cm³/mol. The molecule has 0 bridgehead atoms. The molecule has 0 aliphatic heterocycles. The van der Waals surface area contributed by atoms with Gasteiger partial charge in [-0.25, -0.2) is 4.98 Å². The Hall–Kier alpha value is -1.26. The van der Waals surface area contributed by atoms with Gasteiger partial charge in [0.1, 0.15) is 6.04 Å². The predicted octanol–water partition coefficient (Wildman–Crippen LogP) is 2.32. The lowest BCUT2D eigenvalue weighted by molar-refractivity contribution is 0.355. The Labute approximate surface area is 98.7 Å². The monoisotopic (exact) mass is 233 g/mol. The molecule has 0 fully saturated rings. The number of benzene rings is 1. The fourth-order valence-electron chi connectivity index (χ4n) is 1.70. The van der Waals surface area contributed by atoms with Crippen molar-refractivity contribution in [3.05, 3.63) is 28.8 Å². The lowest BCUT2D eigenvalue weighted by Crippen LogP contribution is -2.20. The average molecular weight is 233 g/mol. The zero-order chi connectivity index (χ0) is 11.7. The molecule has 83 valence electrons. The number of hydrogen-bond donors (Lipinski definition) is 0. The third-order valence-corrected chi connectivity index (χ3v) is 3.41. The highest BCUT2D eigenvalue weighted by molar-refractivity contribution is 7.18. The molecule has 0 aliphatic carbocycles. The smallest absolute Gasteiger partial charge is 0.221 e. The standard InChI is InChI=1S/C12H13N2OS/c1-8-13-10-6-9(4-5-12(10)16-8)11(7-15)14(2)3/h4-6,11H,1-3H3. The maximum atomic E-state index is 10.9. The largest absolute Gasteiger partial charge is 0.296 e. The average Bonchev–Trinajstić information content (AvgIpc) is 2.57. The molecule has 0 saturated heterocycles. The van der Waals surface area contributed by atoms with Crippen molar-refractivity contribution in [2.45, 2.75) is 13.0 Å². The molecule has 0 aliphatic rings. The molecule has 1 radical (unpaired) electrons. The fourth-order valence-corrected chi connectivity index (χ4v) is 2.51. The van der Waals surface area contributed by atoms with E-state index in [2.05, 4.69) is 4.98 Å². The molecule has 1 atom stereocenters. The first-order chi connectivity index (χ1) is 7.61. The van der Waals surface area contributed by atoms with Gasteiger partial charge in [-0.2, -0.15) is 0 Å². The van der Waals surface area contributed by atoms with Gasteiger partial charge in [0, 0.05) is 0 Å². The summed E-state index contributed by atoms with van der Waals surface area (Å²) in [6, 6.07) is 5.64. The van der Waals surface area contributed by atoms with E-state index < -0.39 is 0 Å². The van der Waals surface area contributed by atoms with Crippen LogP contribution in [-0.2, 0) is 4.79 Å². The van der Waals surface area contributed by atoms with Crippen LogP contribution in [0.1, 0.15) is 16.6 Å². The molecule has 0 N–H and O–H groups in total. The molecule has 3 nitrogen and oxygen atoms in total. The van der Waals surface area contributed by atoms with Crippen LogP contribution in [-0.4, -0.2) is 30.3 Å². The van der Waals surface area contributed by atoms with Crippen molar-refractivity contribution in [2.24, 2.45) is 0 Å². The van der Waals surface area contributed by atoms with E-state index in [4.69, 9.17) is 0 Å². The van der Waals surface area contributed by atoms with Gasteiger partial charge in [0.15, 0.2) is 0 Å². The Morgan fingerprint density at radius 2 is 2.19 bits per heavy atom. The summed E-state index contributed by atoms with van der Waals surface area (Å²) < 4.78 is 1.16. The van der Waals surface area contributed by atoms with Crippen molar-refractivity contribution in [1.29, 1.82) is 0 Å². The van der Waals surface area contributed by atoms with Crippen LogP contribution in [0.2, 0.25) is 0 Å². The van der Waals surface area contributed by atoms with E-state index in [0.29, 0.717) is 0 Å². The van der Waals surface area contributed by atoms with Gasteiger partial charge in [0.05, 0.1) is 15.2 Å². The van der Waals surface area contributed by atoms with Gasteiger partial charge >= 0.3 is 0 Å². The quantitative estimate of drug-likeness (QED) is 0.815. The van der Waals surface area contributed by atoms with Crippen molar-refractivity contribution in [2.75, 3.05) is 14.1 Å². The highest BCUT2D eigenvalue weighted by Crippen LogP contribution is 2.25. The number of carbonyl (C=O) groups excluding carboxylic acids is 1. The van der Waals surface area contributed by atoms with Crippen LogP contribution in [0.15, 0.2) is 18.2 Å². The fraction of sp³-hybridized carbons (Fsp3) is 0.333. The number of rotatable bonds is 3. The number of likely N-dealkylation sites (N-methyl/N-ethyl adjacent to an activating group) is 1. The maximum Gasteiger partial charge on any atom is 0.221 e. The Morgan fingerprint density at radius 3 is 2.81 bits per heavy atom. The number of aryl methyl sites for hydroxylation is 1. The normalized spacial score (nSPS) is 13.2. The second-order valence-corrected chi connectivity index (χ2v) is 5.18. The lowest BCUT2D eigenvalue weighted by atomic mass is 10.1. The van der Waals surface area contributed by atoms with Crippen molar-refractivity contribution in [3.8, 4) is 0 Å². The highest BCUT2D eigenvalue weighted by Gasteiger charge is 2.14. The van der Waals surface area contributed by atoms with Crippen LogP contribution in [0.4, 0.5) is 0 Å². The summed E-state index contributed by atoms with van der Waals surface area (Å²) in [4.78, 5) is 17.2. The van der Waals surface area contributed by atoms with Gasteiger partial charge < -0.3 is 0 Å². The zero-order valence-electron chi connectivity index (χ0n) is 9.52. The van der Waals surface area contributed by atoms with Gasteiger partial charge in [-0.1, -0.05) is 6.07 Å². The number of hydrogen-bond acceptors (Lipinski definition) is 4. The third kappa shape index (κ3) is 1.99. The Kier molecular flexibility index (Phi) is 3.03. The molecule has 16 heavy (non-hydrogen) atoms. The first kappa shape index (κ1) is 11.2. The van der Waals surface area contributed by atoms with Gasteiger partial charge in [0.2, 0.25) is 6.29 Å². The van der Waals surface area contributed by atoms with Crippen molar-refractivity contribution >= 4 is 27.8 Å². The third-order valence-electron chi connectivity index (χ3n) is 2.46. The molecule has 1 aromatic heterocycles. The molecule has 0 spiro atoms. The molecule has 2 aromatic rings. The van der Waals surface area contributed by atoms with E-state index in [1.54, 1.807) is 11.3 Å². The summed E-state index contributed by atoms with van der Waals surface area (Å²) in [7, 11) is 3.73. The van der Waals surface area contributed by atoms with Gasteiger partial charge in [-0.15, -0.1) is 11.3 Å². The van der Waals surface area contributed by atoms with Crippen molar-refractivity contribution in [3.63, 3.8) is 0 Å². The molecule has 1 heterocycles. The first-order valence-corrected chi connectivity index (χ1v) is 5.84. The van der Waals surface area contributed by atoms with Gasteiger partial charge in [0.25, 0.3) is 0 Å². The molecular formula is C12H13N2OS. The number of thiazole rings is 1. The summed E-state index contributed by atoms with van der Waals surface area (Å²) in [5.41, 5.74) is 1.90. The van der Waals surface area contributed by atoms with E-state index in [-0.39, 0.29) is 6.04 Å². The zero-order valence-corrected chi connectivity index (χ0v) is 10.3. The van der Waals surface area contributed by atoms with E-state index in [9.17, 15) is 4.79 Å². The lowest BCUT2D eigenvalue weighted by Gasteiger charge is -2.17. The molecule has 2 rings (SSSR count). The summed E-state index contributed by atoms with van der Waals surface area (Å²) in [6.45, 7) is 1.99. The van der Waals surface area contributed by atoms with Crippen LogP contribution >= 0.6 is 11.3 Å². The van der Waals surface area contributed by atoms with Crippen LogP contribution in [0.3, 0.4) is 0 Å². The Bertz CT molecular complexity index is 519. The van der Waals surface area contributed by atoms with Crippen LogP contribution in [0, 0.1) is 6.92 Å². The second-order valence-electron chi connectivity index (χ2n) is 3.94. The maximum absolute atomic E-state index is 10.9. The Morgan fingerprint density at radius 1 is 1.44 bits per heavy atom. The number of aromatic nitrogens is 1. The number of fused-ring (bicyclic) bond motifs is 1. The van der Waals surface area contributed by atoms with E-state index >= 15 is 0 Å². The first-order valence-electron chi connectivity index (χ1n) is 5.03. The van der Waals surface area contributed by atoms with E-state index in [0.717, 1.165) is 20.8 Å². The molecule has 0 saturated carbocycles. The minimum absolute atomic E-state index is 0.314. The van der Waals surface area contributed by atoms with Crippen LogP contribution in [0.25, 0.3) is 10.2 Å². The van der Waals surface area contributed by atoms with E-state index in [1.807, 2.05) is 50.4 Å². The summed E-state index contributed by atoms with van der Waals surface area (Å²) in [6.07, 6.45) is 2.04. The highest BCUT2D eigenvalue weighted by atomic mass is 32.1. The molecule has 4 heteroatoms. The van der Waals surface area contributed by atoms with Crippen LogP contribution in [0.5, 0.6) is 0 Å². The summed E-state index contributed by atoms with van der Waals surface area (Å²) >= 11 is 1.67. The van der Waals surface area contributed by atoms with Crippen LogP contribution < -0.4 is 0 Å². The minimum Gasteiger partial charge on any atom is -0.296 e. The molecule has 0 amide bonds. The molecule has 1 unspecified atom stereocenters. The molecular weight excluding hydrogens is 220 g/mol.